The normalized spacial score (nSPS) is 15.2. The third-order valence-corrected chi connectivity index (χ3v) is 5.20. The van der Waals surface area contributed by atoms with Gasteiger partial charge in [0, 0.05) is 62.5 Å². The fourth-order valence-electron chi connectivity index (χ4n) is 3.39. The molecule has 1 saturated carbocycles. The average molecular weight is 402 g/mol. The Kier molecular flexibility index (Phi) is 7.17. The smallest absolute Gasteiger partial charge is 0.161 e. The van der Waals surface area contributed by atoms with Gasteiger partial charge in [-0.2, -0.15) is 0 Å². The van der Waals surface area contributed by atoms with E-state index in [-0.39, 0.29) is 0 Å². The molecule has 1 fully saturated rings. The number of anilines is 1. The molecule has 3 rings (SSSR count). The van der Waals surface area contributed by atoms with Gasteiger partial charge < -0.3 is 10.2 Å². The van der Waals surface area contributed by atoms with Crippen LogP contribution in [0.1, 0.15) is 37.3 Å². The van der Waals surface area contributed by atoms with Crippen LogP contribution in [0, 0.1) is 0 Å². The van der Waals surface area contributed by atoms with Crippen molar-refractivity contribution in [3.8, 4) is 11.4 Å². The van der Waals surface area contributed by atoms with E-state index in [4.69, 9.17) is 4.98 Å². The maximum atomic E-state index is 4.92. The van der Waals surface area contributed by atoms with Crippen LogP contribution in [0.15, 0.2) is 60.4 Å². The summed E-state index contributed by atoms with van der Waals surface area (Å²) in [5, 5.41) is 3.62. The van der Waals surface area contributed by atoms with Crippen molar-refractivity contribution in [2.45, 2.75) is 32.2 Å². The number of allylic oxidation sites excluding steroid dienone is 4. The fraction of sp³-hybridized carbons (Fsp3) is 0.320. The predicted octanol–water partition coefficient (Wildman–Crippen LogP) is 5.30. The van der Waals surface area contributed by atoms with E-state index < -0.39 is 0 Å². The van der Waals surface area contributed by atoms with Gasteiger partial charge in [-0.05, 0) is 43.4 Å². The Morgan fingerprint density at radius 1 is 1.27 bits per heavy atom. The number of nitrogens with one attached hydrogen (secondary N) is 1. The highest BCUT2D eigenvalue weighted by Crippen LogP contribution is 2.29. The van der Waals surface area contributed by atoms with Crippen LogP contribution in [-0.4, -0.2) is 48.3 Å². The molecule has 2 aromatic rings. The second-order valence-corrected chi connectivity index (χ2v) is 7.69. The Bertz CT molecular complexity index is 981. The first-order chi connectivity index (χ1) is 14.5. The number of hydrogen-bond donors (Lipinski definition) is 1. The van der Waals surface area contributed by atoms with Gasteiger partial charge in [-0.3, -0.25) is 4.99 Å². The van der Waals surface area contributed by atoms with E-state index in [0.717, 1.165) is 33.7 Å². The molecule has 5 heteroatoms. The lowest BCUT2D eigenvalue weighted by Crippen LogP contribution is -2.28. The first-order valence-corrected chi connectivity index (χ1v) is 10.4. The van der Waals surface area contributed by atoms with Gasteiger partial charge in [0.25, 0.3) is 0 Å². The number of rotatable bonds is 8. The molecule has 5 nitrogen and oxygen atoms in total. The number of benzene rings is 1. The van der Waals surface area contributed by atoms with Gasteiger partial charge in [-0.1, -0.05) is 36.9 Å². The Hall–Kier alpha value is -3.21. The topological polar surface area (TPSA) is 53.4 Å². The highest BCUT2D eigenvalue weighted by molar-refractivity contribution is 6.11. The van der Waals surface area contributed by atoms with Crippen LogP contribution in [0.5, 0.6) is 0 Å². The molecule has 1 aromatic carbocycles. The van der Waals surface area contributed by atoms with Crippen molar-refractivity contribution in [2.75, 3.05) is 26.5 Å². The van der Waals surface area contributed by atoms with Gasteiger partial charge >= 0.3 is 0 Å². The molecule has 30 heavy (non-hydrogen) atoms. The molecule has 156 valence electrons. The summed E-state index contributed by atoms with van der Waals surface area (Å²) in [4.78, 5) is 15.8. The number of aromatic nitrogens is 2. The maximum absolute atomic E-state index is 4.92. The molecule has 0 saturated heterocycles. The largest absolute Gasteiger partial charge is 0.383 e. The van der Waals surface area contributed by atoms with E-state index >= 15 is 0 Å². The zero-order valence-corrected chi connectivity index (χ0v) is 18.4. The average Bonchev–Trinajstić information content (AvgIpc) is 2.73. The zero-order chi connectivity index (χ0) is 21.5. The summed E-state index contributed by atoms with van der Waals surface area (Å²) >= 11 is 0. The Morgan fingerprint density at radius 3 is 2.67 bits per heavy atom. The Morgan fingerprint density at radius 2 is 2.07 bits per heavy atom. The van der Waals surface area contributed by atoms with Crippen molar-refractivity contribution in [3.63, 3.8) is 0 Å². The van der Waals surface area contributed by atoms with E-state index in [1.165, 1.54) is 19.3 Å². The van der Waals surface area contributed by atoms with Crippen molar-refractivity contribution in [1.82, 2.24) is 14.9 Å². The van der Waals surface area contributed by atoms with Gasteiger partial charge in [-0.25, -0.2) is 9.97 Å². The first kappa shape index (κ1) is 21.5. The second kappa shape index (κ2) is 10.0. The molecular weight excluding hydrogens is 370 g/mol. The van der Waals surface area contributed by atoms with Crippen molar-refractivity contribution < 1.29 is 0 Å². The van der Waals surface area contributed by atoms with Crippen molar-refractivity contribution in [2.24, 2.45) is 4.99 Å². The van der Waals surface area contributed by atoms with E-state index in [9.17, 15) is 0 Å². The number of hydrogen-bond acceptors (Lipinski definition) is 5. The molecule has 0 radical (unpaired) electrons. The van der Waals surface area contributed by atoms with Crippen LogP contribution >= 0.6 is 0 Å². The van der Waals surface area contributed by atoms with Crippen LogP contribution in [0.2, 0.25) is 0 Å². The lowest BCUT2D eigenvalue weighted by molar-refractivity contribution is 0.444. The molecule has 1 aromatic heterocycles. The van der Waals surface area contributed by atoms with E-state index in [0.29, 0.717) is 11.9 Å². The summed E-state index contributed by atoms with van der Waals surface area (Å²) < 4.78 is 0. The minimum Gasteiger partial charge on any atom is -0.383 e. The minimum atomic E-state index is 0.477. The summed E-state index contributed by atoms with van der Waals surface area (Å²) in [5.41, 5.74) is 5.12. The fourth-order valence-corrected chi connectivity index (χ4v) is 3.39. The summed E-state index contributed by atoms with van der Waals surface area (Å²) in [6, 6.07) is 8.76. The Labute approximate surface area is 180 Å². The standard InChI is InChI=1S/C25H31N5/c1-6-18(15-26-3)23-16-27-24(29-25(23)28-22-12-9-13-22)21-11-8-10-20(14-21)19(7-2)17-30(4)5/h6-8,10-11,14-17,22H,2,9,12-13H2,1,3-5H3,(H,27,28,29)/b18-6+,19-17+,26-15-. The number of aliphatic imine (C=N–C) groups is 1. The van der Waals surface area contributed by atoms with Crippen molar-refractivity contribution in [3.05, 3.63) is 66.5 Å². The van der Waals surface area contributed by atoms with Gasteiger partial charge in [0.2, 0.25) is 0 Å². The van der Waals surface area contributed by atoms with Crippen molar-refractivity contribution >= 4 is 23.2 Å². The van der Waals surface area contributed by atoms with Crippen LogP contribution in [0.25, 0.3) is 22.5 Å². The van der Waals surface area contributed by atoms with Crippen molar-refractivity contribution in [1.29, 1.82) is 0 Å². The Balaban J connectivity index is 2.03. The summed E-state index contributed by atoms with van der Waals surface area (Å²) in [6.45, 7) is 5.97. The quantitative estimate of drug-likeness (QED) is 0.482. The minimum absolute atomic E-state index is 0.477. The van der Waals surface area contributed by atoms with Gasteiger partial charge in [0.1, 0.15) is 5.82 Å². The van der Waals surface area contributed by atoms with Crippen LogP contribution in [0.3, 0.4) is 0 Å². The van der Waals surface area contributed by atoms with Gasteiger partial charge in [0.05, 0.1) is 0 Å². The lowest BCUT2D eigenvalue weighted by Gasteiger charge is -2.28. The molecule has 1 aliphatic rings. The molecule has 0 aliphatic heterocycles. The second-order valence-electron chi connectivity index (χ2n) is 7.69. The SMILES string of the molecule is C=C/C(=C\N(C)C)c1cccc(-c2ncc(C(/C=N\C)=C/C)c(NC3CCC3)n2)c1. The van der Waals surface area contributed by atoms with Crippen LogP contribution < -0.4 is 5.32 Å². The van der Waals surface area contributed by atoms with Gasteiger partial charge in [0.15, 0.2) is 5.82 Å². The summed E-state index contributed by atoms with van der Waals surface area (Å²) in [6.07, 6.45) is 13.4. The molecule has 0 amide bonds. The number of nitrogens with zero attached hydrogens (tertiary/aromatic N) is 4. The molecule has 1 aliphatic carbocycles. The van der Waals surface area contributed by atoms with Crippen LogP contribution in [0.4, 0.5) is 5.82 Å². The third-order valence-electron chi connectivity index (χ3n) is 5.20. The molecule has 1 N–H and O–H groups in total. The van der Waals surface area contributed by atoms with E-state index in [1.807, 2.05) is 62.6 Å². The van der Waals surface area contributed by atoms with Crippen LogP contribution in [-0.2, 0) is 0 Å². The third kappa shape index (κ3) is 5.03. The lowest BCUT2D eigenvalue weighted by atomic mass is 9.93. The maximum Gasteiger partial charge on any atom is 0.161 e. The molecule has 1 heterocycles. The zero-order valence-electron chi connectivity index (χ0n) is 18.4. The molecule has 0 atom stereocenters. The summed E-state index contributed by atoms with van der Waals surface area (Å²) in [5.74, 6) is 1.58. The van der Waals surface area contributed by atoms with E-state index in [2.05, 4.69) is 40.2 Å². The highest BCUT2D eigenvalue weighted by atomic mass is 15.1. The van der Waals surface area contributed by atoms with Gasteiger partial charge in [-0.15, -0.1) is 0 Å². The molecule has 0 spiro atoms. The monoisotopic (exact) mass is 401 g/mol. The molecule has 0 bridgehead atoms. The van der Waals surface area contributed by atoms with E-state index in [1.54, 1.807) is 7.05 Å². The summed E-state index contributed by atoms with van der Waals surface area (Å²) in [7, 11) is 5.79. The molecular formula is C25H31N5. The first-order valence-electron chi connectivity index (χ1n) is 10.4. The molecule has 0 unspecified atom stereocenters. The highest BCUT2D eigenvalue weighted by Gasteiger charge is 2.20. The predicted molar refractivity (Wildman–Crippen MR) is 129 cm³/mol.